The Labute approximate surface area is 132 Å². The normalized spacial score (nSPS) is 23.3. The summed E-state index contributed by atoms with van der Waals surface area (Å²) in [4.78, 5) is 12.4. The molecule has 1 aromatic heterocycles. The molecule has 122 valence electrons. The molecule has 1 fully saturated rings. The molecule has 2 heterocycles. The number of hydrogen-bond donors (Lipinski definition) is 1. The van der Waals surface area contributed by atoms with Gasteiger partial charge in [-0.2, -0.15) is 5.10 Å². The number of nitrogens with one attached hydrogen (secondary N) is 1. The van der Waals surface area contributed by atoms with Crippen LogP contribution in [-0.2, 0) is 24.6 Å². The topological polar surface area (TPSA) is 56.2 Å². The van der Waals surface area contributed by atoms with E-state index >= 15 is 0 Å². The molecular formula is C17H27N3O2. The Bertz CT molecular complexity index is 552. The van der Waals surface area contributed by atoms with Crippen LogP contribution in [0.2, 0.25) is 0 Å². The molecule has 0 unspecified atom stereocenters. The largest absolute Gasteiger partial charge is 0.378 e. The predicted octanol–water partition coefficient (Wildman–Crippen LogP) is 2.23. The fourth-order valence-corrected chi connectivity index (χ4v) is 3.51. The van der Waals surface area contributed by atoms with Crippen LogP contribution in [0.15, 0.2) is 0 Å². The third-order valence-electron chi connectivity index (χ3n) is 4.89. The summed E-state index contributed by atoms with van der Waals surface area (Å²) in [6.07, 6.45) is 6.55. The van der Waals surface area contributed by atoms with Crippen LogP contribution in [0.1, 0.15) is 61.3 Å². The van der Waals surface area contributed by atoms with Crippen molar-refractivity contribution in [2.45, 2.75) is 58.5 Å². The highest BCUT2D eigenvalue weighted by Crippen LogP contribution is 2.30. The van der Waals surface area contributed by atoms with Crippen molar-refractivity contribution in [3.63, 3.8) is 0 Å². The van der Waals surface area contributed by atoms with Gasteiger partial charge in [-0.25, -0.2) is 0 Å². The van der Waals surface area contributed by atoms with E-state index in [9.17, 15) is 4.79 Å². The maximum absolute atomic E-state index is 12.4. The summed E-state index contributed by atoms with van der Waals surface area (Å²) in [6, 6.07) is 0. The van der Waals surface area contributed by atoms with Crippen LogP contribution < -0.4 is 5.32 Å². The quantitative estimate of drug-likeness (QED) is 0.928. The summed E-state index contributed by atoms with van der Waals surface area (Å²) in [5.74, 6) is 0.00860. The van der Waals surface area contributed by atoms with Crippen molar-refractivity contribution >= 4 is 5.91 Å². The number of ether oxygens (including phenoxy) is 1. The molecule has 1 saturated heterocycles. The standard InChI is InChI=1S/C17H27N3O2/c1-17(2)9-7-12(22-11-17)8-10-18-16(21)15-13-5-4-6-14(13)19-20(15)3/h12H,4-11H2,1-3H3,(H,18,21)/t12-/m1/s1. The number of aryl methyl sites for hydroxylation is 2. The molecule has 1 aliphatic carbocycles. The number of aromatic nitrogens is 2. The fraction of sp³-hybridized carbons (Fsp3) is 0.765. The first-order chi connectivity index (χ1) is 10.5. The van der Waals surface area contributed by atoms with Crippen molar-refractivity contribution in [1.82, 2.24) is 15.1 Å². The summed E-state index contributed by atoms with van der Waals surface area (Å²) in [7, 11) is 1.86. The smallest absolute Gasteiger partial charge is 0.269 e. The molecule has 1 atom stereocenters. The monoisotopic (exact) mass is 305 g/mol. The van der Waals surface area contributed by atoms with E-state index in [1.807, 2.05) is 7.05 Å². The number of hydrogen-bond acceptors (Lipinski definition) is 3. The summed E-state index contributed by atoms with van der Waals surface area (Å²) >= 11 is 0. The zero-order valence-electron chi connectivity index (χ0n) is 13.9. The molecule has 1 aromatic rings. The summed E-state index contributed by atoms with van der Waals surface area (Å²) in [6.45, 7) is 5.98. The zero-order valence-corrected chi connectivity index (χ0v) is 13.9. The lowest BCUT2D eigenvalue weighted by atomic mass is 9.85. The number of amides is 1. The van der Waals surface area contributed by atoms with E-state index < -0.39 is 0 Å². The third-order valence-corrected chi connectivity index (χ3v) is 4.89. The van der Waals surface area contributed by atoms with Gasteiger partial charge in [-0.1, -0.05) is 13.8 Å². The number of carbonyl (C=O) groups is 1. The minimum atomic E-state index is 0.00860. The van der Waals surface area contributed by atoms with Crippen LogP contribution >= 0.6 is 0 Å². The van der Waals surface area contributed by atoms with Crippen molar-refractivity contribution < 1.29 is 9.53 Å². The first kappa shape index (κ1) is 15.5. The molecule has 1 N–H and O–H groups in total. The summed E-state index contributed by atoms with van der Waals surface area (Å²) < 4.78 is 7.63. The van der Waals surface area contributed by atoms with Crippen LogP contribution in [0, 0.1) is 5.41 Å². The first-order valence-electron chi connectivity index (χ1n) is 8.41. The van der Waals surface area contributed by atoms with Crippen molar-refractivity contribution in [3.05, 3.63) is 17.0 Å². The highest BCUT2D eigenvalue weighted by atomic mass is 16.5. The van der Waals surface area contributed by atoms with Gasteiger partial charge < -0.3 is 10.1 Å². The molecule has 3 rings (SSSR count). The highest BCUT2D eigenvalue weighted by molar-refractivity contribution is 5.94. The van der Waals surface area contributed by atoms with Crippen molar-refractivity contribution in [2.24, 2.45) is 12.5 Å². The van der Waals surface area contributed by atoms with E-state index in [2.05, 4.69) is 24.3 Å². The van der Waals surface area contributed by atoms with E-state index in [4.69, 9.17) is 4.74 Å². The number of carbonyl (C=O) groups excluding carboxylic acids is 1. The van der Waals surface area contributed by atoms with Crippen LogP contribution in [0.3, 0.4) is 0 Å². The Kier molecular flexibility index (Phi) is 4.26. The van der Waals surface area contributed by atoms with Crippen LogP contribution in [0.4, 0.5) is 0 Å². The van der Waals surface area contributed by atoms with E-state index in [1.165, 1.54) is 6.42 Å². The van der Waals surface area contributed by atoms with Gasteiger partial charge in [0.25, 0.3) is 5.91 Å². The van der Waals surface area contributed by atoms with Gasteiger partial charge in [0.05, 0.1) is 18.4 Å². The maximum Gasteiger partial charge on any atom is 0.269 e. The minimum Gasteiger partial charge on any atom is -0.378 e. The summed E-state index contributed by atoms with van der Waals surface area (Å²) in [5, 5.41) is 7.50. The van der Waals surface area contributed by atoms with Gasteiger partial charge in [0.15, 0.2) is 0 Å². The first-order valence-corrected chi connectivity index (χ1v) is 8.41. The molecule has 1 aliphatic heterocycles. The minimum absolute atomic E-state index is 0.00860. The zero-order chi connectivity index (χ0) is 15.7. The molecule has 5 nitrogen and oxygen atoms in total. The third kappa shape index (κ3) is 3.19. The van der Waals surface area contributed by atoms with Gasteiger partial charge in [0, 0.05) is 19.2 Å². The average molecular weight is 305 g/mol. The molecular weight excluding hydrogens is 278 g/mol. The lowest BCUT2D eigenvalue weighted by molar-refractivity contribution is -0.0506. The highest BCUT2D eigenvalue weighted by Gasteiger charge is 2.28. The van der Waals surface area contributed by atoms with Gasteiger partial charge in [-0.3, -0.25) is 9.48 Å². The Morgan fingerprint density at radius 2 is 2.27 bits per heavy atom. The lowest BCUT2D eigenvalue weighted by Gasteiger charge is -2.34. The van der Waals surface area contributed by atoms with Crippen molar-refractivity contribution in [3.8, 4) is 0 Å². The van der Waals surface area contributed by atoms with E-state index in [-0.39, 0.29) is 12.0 Å². The second-order valence-corrected chi connectivity index (χ2v) is 7.43. The SMILES string of the molecule is Cn1nc2c(c1C(=O)NCC[C@H]1CCC(C)(C)CO1)CCC2. The Morgan fingerprint density at radius 3 is 3.00 bits per heavy atom. The molecule has 5 heteroatoms. The Balaban J connectivity index is 1.49. The predicted molar refractivity (Wildman–Crippen MR) is 84.9 cm³/mol. The van der Waals surface area contributed by atoms with Gasteiger partial charge in [0.2, 0.25) is 0 Å². The van der Waals surface area contributed by atoms with Gasteiger partial charge in [0.1, 0.15) is 5.69 Å². The summed E-state index contributed by atoms with van der Waals surface area (Å²) in [5.41, 5.74) is 3.30. The number of nitrogens with zero attached hydrogens (tertiary/aromatic N) is 2. The van der Waals surface area contributed by atoms with Gasteiger partial charge in [-0.05, 0) is 43.9 Å². The van der Waals surface area contributed by atoms with Crippen molar-refractivity contribution in [1.29, 1.82) is 0 Å². The molecule has 0 bridgehead atoms. The van der Waals surface area contributed by atoms with E-state index in [0.29, 0.717) is 12.0 Å². The molecule has 22 heavy (non-hydrogen) atoms. The Hall–Kier alpha value is -1.36. The molecule has 2 aliphatic rings. The van der Waals surface area contributed by atoms with E-state index in [0.717, 1.165) is 55.7 Å². The molecule has 0 radical (unpaired) electrons. The van der Waals surface area contributed by atoms with Crippen LogP contribution in [0.25, 0.3) is 0 Å². The Morgan fingerprint density at radius 1 is 1.45 bits per heavy atom. The van der Waals surface area contributed by atoms with Crippen molar-refractivity contribution in [2.75, 3.05) is 13.2 Å². The second kappa shape index (κ2) is 6.03. The van der Waals surface area contributed by atoms with Gasteiger partial charge in [-0.15, -0.1) is 0 Å². The maximum atomic E-state index is 12.4. The van der Waals surface area contributed by atoms with E-state index in [1.54, 1.807) is 4.68 Å². The number of rotatable bonds is 4. The number of fused-ring (bicyclic) bond motifs is 1. The lowest BCUT2D eigenvalue weighted by Crippen LogP contribution is -2.35. The fourth-order valence-electron chi connectivity index (χ4n) is 3.51. The average Bonchev–Trinajstić information content (AvgIpc) is 3.00. The molecule has 1 amide bonds. The van der Waals surface area contributed by atoms with Gasteiger partial charge >= 0.3 is 0 Å². The van der Waals surface area contributed by atoms with Crippen LogP contribution in [0.5, 0.6) is 0 Å². The molecule has 0 spiro atoms. The molecule has 0 aromatic carbocycles. The second-order valence-electron chi connectivity index (χ2n) is 7.43. The molecule has 0 saturated carbocycles. The van der Waals surface area contributed by atoms with Crippen LogP contribution in [-0.4, -0.2) is 34.9 Å².